The van der Waals surface area contributed by atoms with Crippen molar-refractivity contribution in [2.24, 2.45) is 0 Å². The van der Waals surface area contributed by atoms with Crippen LogP contribution in [0.5, 0.6) is 0 Å². The number of benzene rings is 1. The summed E-state index contributed by atoms with van der Waals surface area (Å²) >= 11 is 1.85. The molecule has 0 spiro atoms. The van der Waals surface area contributed by atoms with Gasteiger partial charge in [-0.2, -0.15) is 5.10 Å². The van der Waals surface area contributed by atoms with E-state index in [0.717, 1.165) is 24.0 Å². The molecule has 0 radical (unpaired) electrons. The second kappa shape index (κ2) is 6.10. The van der Waals surface area contributed by atoms with Gasteiger partial charge in [0.1, 0.15) is 0 Å². The molecule has 1 unspecified atom stereocenters. The summed E-state index contributed by atoms with van der Waals surface area (Å²) in [4.78, 5) is 4.02. The van der Waals surface area contributed by atoms with Crippen LogP contribution in [-0.2, 0) is 6.54 Å². The second-order valence-electron chi connectivity index (χ2n) is 5.97. The van der Waals surface area contributed by atoms with Crippen molar-refractivity contribution >= 4 is 27.9 Å². The van der Waals surface area contributed by atoms with Crippen molar-refractivity contribution < 1.29 is 0 Å². The fourth-order valence-electron chi connectivity index (χ4n) is 3.21. The van der Waals surface area contributed by atoms with E-state index in [4.69, 9.17) is 0 Å². The van der Waals surface area contributed by atoms with Crippen molar-refractivity contribution in [2.75, 3.05) is 18.4 Å². The minimum absolute atomic E-state index is 0.526. The summed E-state index contributed by atoms with van der Waals surface area (Å²) in [6.07, 6.45) is 4.38. The van der Waals surface area contributed by atoms with Gasteiger partial charge >= 0.3 is 0 Å². The Hall–Kier alpha value is -1.85. The van der Waals surface area contributed by atoms with Crippen LogP contribution in [0, 0.1) is 0 Å². The van der Waals surface area contributed by atoms with Gasteiger partial charge in [-0.3, -0.25) is 10.00 Å². The quantitative estimate of drug-likeness (QED) is 0.772. The number of piperidine rings is 1. The number of aromatic amines is 1. The first-order chi connectivity index (χ1) is 10.9. The summed E-state index contributed by atoms with van der Waals surface area (Å²) in [5, 5.41) is 14.1. The predicted molar refractivity (Wildman–Crippen MR) is 92.3 cm³/mol. The van der Waals surface area contributed by atoms with Gasteiger partial charge in [0.05, 0.1) is 11.7 Å². The summed E-state index contributed by atoms with van der Waals surface area (Å²) in [7, 11) is 0. The van der Waals surface area contributed by atoms with Crippen molar-refractivity contribution in [1.29, 1.82) is 0 Å². The molecule has 1 aliphatic heterocycles. The number of aromatic nitrogens is 2. The van der Waals surface area contributed by atoms with Crippen LogP contribution >= 0.6 is 11.3 Å². The Morgan fingerprint density at radius 2 is 2.36 bits per heavy atom. The molecule has 1 fully saturated rings. The predicted octanol–water partition coefficient (Wildman–Crippen LogP) is 3.70. The first-order valence-corrected chi connectivity index (χ1v) is 8.69. The van der Waals surface area contributed by atoms with Crippen LogP contribution in [0.25, 0.3) is 10.9 Å². The zero-order chi connectivity index (χ0) is 14.8. The van der Waals surface area contributed by atoms with Gasteiger partial charge in [-0.15, -0.1) is 11.3 Å². The van der Waals surface area contributed by atoms with Crippen molar-refractivity contribution in [1.82, 2.24) is 15.1 Å². The number of fused-ring (bicyclic) bond motifs is 1. The van der Waals surface area contributed by atoms with E-state index in [1.165, 1.54) is 30.0 Å². The molecule has 4 rings (SSSR count). The average molecular weight is 312 g/mol. The topological polar surface area (TPSA) is 44.0 Å². The molecule has 1 aliphatic rings. The number of nitrogens with one attached hydrogen (secondary N) is 2. The van der Waals surface area contributed by atoms with Gasteiger partial charge in [-0.1, -0.05) is 6.07 Å². The Bertz CT molecular complexity index is 734. The Balaban J connectivity index is 1.41. The van der Waals surface area contributed by atoms with E-state index >= 15 is 0 Å². The average Bonchev–Trinajstić information content (AvgIpc) is 3.18. The number of anilines is 1. The lowest BCUT2D eigenvalue weighted by molar-refractivity contribution is 0.210. The zero-order valence-electron chi connectivity index (χ0n) is 12.5. The maximum absolute atomic E-state index is 4.08. The van der Waals surface area contributed by atoms with E-state index in [1.54, 1.807) is 0 Å². The van der Waals surface area contributed by atoms with Crippen LogP contribution in [0.3, 0.4) is 0 Å². The monoisotopic (exact) mass is 312 g/mol. The number of nitrogens with zero attached hydrogens (tertiary/aromatic N) is 2. The van der Waals surface area contributed by atoms with Crippen molar-refractivity contribution in [2.45, 2.75) is 25.4 Å². The molecule has 2 N–H and O–H groups in total. The Labute approximate surface area is 134 Å². The maximum Gasteiger partial charge on any atom is 0.0651 e. The van der Waals surface area contributed by atoms with E-state index in [2.05, 4.69) is 56.1 Å². The molecular formula is C17H20N4S. The summed E-state index contributed by atoms with van der Waals surface area (Å²) < 4.78 is 0. The first-order valence-electron chi connectivity index (χ1n) is 7.81. The van der Waals surface area contributed by atoms with E-state index in [-0.39, 0.29) is 0 Å². The second-order valence-corrected chi connectivity index (χ2v) is 7.00. The van der Waals surface area contributed by atoms with Crippen molar-refractivity contribution in [3.63, 3.8) is 0 Å². The minimum Gasteiger partial charge on any atom is -0.381 e. The fourth-order valence-corrected chi connectivity index (χ4v) is 3.95. The molecule has 0 saturated carbocycles. The molecule has 1 aromatic carbocycles. The Morgan fingerprint density at radius 3 is 3.27 bits per heavy atom. The van der Waals surface area contributed by atoms with Crippen molar-refractivity contribution in [3.05, 3.63) is 46.8 Å². The number of likely N-dealkylation sites (tertiary alicyclic amines) is 1. The third-order valence-electron chi connectivity index (χ3n) is 4.28. The molecule has 4 nitrogen and oxygen atoms in total. The van der Waals surface area contributed by atoms with Gasteiger partial charge in [0, 0.05) is 35.1 Å². The van der Waals surface area contributed by atoms with Gasteiger partial charge in [-0.05, 0) is 49.0 Å². The standard InChI is InChI=1S/C17H20N4S/c1-3-15(11-21(7-1)12-16-4-2-8-22-16)19-14-5-6-17-13(9-14)10-18-20-17/h2,4-6,8-10,15,19H,1,3,7,11-12H2,(H,18,20). The third-order valence-corrected chi connectivity index (χ3v) is 5.14. The van der Waals surface area contributed by atoms with Crippen LogP contribution in [0.1, 0.15) is 17.7 Å². The molecule has 1 saturated heterocycles. The van der Waals surface area contributed by atoms with Crippen LogP contribution in [-0.4, -0.2) is 34.2 Å². The maximum atomic E-state index is 4.08. The minimum atomic E-state index is 0.526. The molecule has 0 bridgehead atoms. The van der Waals surface area contributed by atoms with E-state index in [1.807, 2.05) is 17.5 Å². The largest absolute Gasteiger partial charge is 0.381 e. The molecule has 3 heterocycles. The molecule has 0 amide bonds. The van der Waals surface area contributed by atoms with Crippen LogP contribution in [0.4, 0.5) is 5.69 Å². The third kappa shape index (κ3) is 3.00. The number of rotatable bonds is 4. The number of hydrogen-bond donors (Lipinski definition) is 2. The van der Waals surface area contributed by atoms with Crippen molar-refractivity contribution in [3.8, 4) is 0 Å². The summed E-state index contributed by atoms with van der Waals surface area (Å²) in [6.45, 7) is 3.40. The van der Waals surface area contributed by atoms with Crippen LogP contribution in [0.2, 0.25) is 0 Å². The highest BCUT2D eigenvalue weighted by Gasteiger charge is 2.20. The molecule has 3 aromatic rings. The number of hydrogen-bond acceptors (Lipinski definition) is 4. The Kier molecular flexibility index (Phi) is 3.83. The highest BCUT2D eigenvalue weighted by Crippen LogP contribution is 2.22. The molecule has 114 valence electrons. The first kappa shape index (κ1) is 13.8. The molecule has 5 heteroatoms. The molecule has 22 heavy (non-hydrogen) atoms. The van der Waals surface area contributed by atoms with Crippen LogP contribution in [0.15, 0.2) is 41.9 Å². The van der Waals surface area contributed by atoms with Gasteiger partial charge in [0.15, 0.2) is 0 Å². The highest BCUT2D eigenvalue weighted by atomic mass is 32.1. The summed E-state index contributed by atoms with van der Waals surface area (Å²) in [5.74, 6) is 0. The molecular weight excluding hydrogens is 292 g/mol. The molecule has 2 aromatic heterocycles. The van der Waals surface area contributed by atoms with E-state index in [9.17, 15) is 0 Å². The smallest absolute Gasteiger partial charge is 0.0651 e. The van der Waals surface area contributed by atoms with Gasteiger partial charge in [0.2, 0.25) is 0 Å². The van der Waals surface area contributed by atoms with Gasteiger partial charge < -0.3 is 5.32 Å². The number of H-pyrrole nitrogens is 1. The van der Waals surface area contributed by atoms with E-state index < -0.39 is 0 Å². The lowest BCUT2D eigenvalue weighted by atomic mass is 10.0. The van der Waals surface area contributed by atoms with Gasteiger partial charge in [-0.25, -0.2) is 0 Å². The Morgan fingerprint density at radius 1 is 1.36 bits per heavy atom. The summed E-state index contributed by atoms with van der Waals surface area (Å²) in [5.41, 5.74) is 2.28. The SMILES string of the molecule is c1csc(CN2CCCC(Nc3ccc4[nH]ncc4c3)C2)c1. The van der Waals surface area contributed by atoms with E-state index in [0.29, 0.717) is 6.04 Å². The zero-order valence-corrected chi connectivity index (χ0v) is 13.3. The van der Waals surface area contributed by atoms with Gasteiger partial charge in [0.25, 0.3) is 0 Å². The van der Waals surface area contributed by atoms with Crippen LogP contribution < -0.4 is 5.32 Å². The number of thiophene rings is 1. The molecule has 0 aliphatic carbocycles. The normalized spacial score (nSPS) is 19.5. The molecule has 1 atom stereocenters. The summed E-state index contributed by atoms with van der Waals surface area (Å²) in [6, 6.07) is 11.3. The lowest BCUT2D eigenvalue weighted by Gasteiger charge is -2.33. The highest BCUT2D eigenvalue weighted by molar-refractivity contribution is 7.09. The lowest BCUT2D eigenvalue weighted by Crippen LogP contribution is -2.41. The fraction of sp³-hybridized carbons (Fsp3) is 0.353.